The van der Waals surface area contributed by atoms with E-state index in [1.54, 1.807) is 0 Å². The molecule has 1 aliphatic heterocycles. The van der Waals surface area contributed by atoms with Crippen LogP contribution in [0.3, 0.4) is 0 Å². The molecule has 5 atom stereocenters. The molecule has 13 heteroatoms. The van der Waals surface area contributed by atoms with Gasteiger partial charge in [0.15, 0.2) is 24.5 Å². The van der Waals surface area contributed by atoms with Crippen molar-refractivity contribution >= 4 is 35.3 Å². The van der Waals surface area contributed by atoms with Crippen molar-refractivity contribution in [2.24, 2.45) is 0 Å². The lowest BCUT2D eigenvalue weighted by Crippen LogP contribution is -2.64. The van der Waals surface area contributed by atoms with Crippen LogP contribution in [0.2, 0.25) is 0 Å². The Hall–Kier alpha value is -3.74. The minimum atomic E-state index is -1.39. The number of hydrogen-bond acceptors (Lipinski definition) is 12. The van der Waals surface area contributed by atoms with Crippen molar-refractivity contribution in [3.63, 3.8) is 0 Å². The summed E-state index contributed by atoms with van der Waals surface area (Å²) in [6.07, 6.45) is -6.58. The van der Waals surface area contributed by atoms with E-state index in [-0.39, 0.29) is 11.4 Å². The van der Waals surface area contributed by atoms with E-state index >= 15 is 0 Å². The fourth-order valence-corrected chi connectivity index (χ4v) is 3.25. The number of nitrogens with zero attached hydrogens (tertiary/aromatic N) is 1. The van der Waals surface area contributed by atoms with E-state index in [4.69, 9.17) is 23.7 Å². The van der Waals surface area contributed by atoms with Gasteiger partial charge in [-0.3, -0.25) is 29.3 Å². The number of benzene rings is 1. The molecule has 1 aromatic rings. The molecular formula is C20H24N2O11. The summed E-state index contributed by atoms with van der Waals surface area (Å²) in [5, 5.41) is 14.2. The second kappa shape index (κ2) is 11.2. The second-order valence-electron chi connectivity index (χ2n) is 7.04. The lowest BCUT2D eigenvalue weighted by Gasteiger charge is -2.44. The van der Waals surface area contributed by atoms with Crippen molar-refractivity contribution in [3.8, 4) is 0 Å². The molecule has 180 valence electrons. The molecule has 1 heterocycles. The van der Waals surface area contributed by atoms with Gasteiger partial charge in [0.2, 0.25) is 0 Å². The van der Waals surface area contributed by atoms with Crippen molar-refractivity contribution in [1.82, 2.24) is 0 Å². The number of carbonyl (C=O) groups excluding carboxylic acids is 4. The highest BCUT2D eigenvalue weighted by Crippen LogP contribution is 2.32. The average molecular weight is 468 g/mol. The molecule has 0 amide bonds. The second-order valence-corrected chi connectivity index (χ2v) is 7.04. The van der Waals surface area contributed by atoms with Crippen molar-refractivity contribution in [3.05, 3.63) is 34.4 Å². The number of hydrogen-bond donors (Lipinski definition) is 1. The van der Waals surface area contributed by atoms with Gasteiger partial charge in [-0.25, -0.2) is 0 Å². The lowest BCUT2D eigenvalue weighted by atomic mass is 9.97. The number of ether oxygens (including phenoxy) is 5. The van der Waals surface area contributed by atoms with Crippen molar-refractivity contribution in [1.29, 1.82) is 0 Å². The van der Waals surface area contributed by atoms with Gasteiger partial charge in [0, 0.05) is 33.8 Å². The molecule has 1 aliphatic rings. The van der Waals surface area contributed by atoms with Crippen molar-refractivity contribution in [2.45, 2.75) is 58.3 Å². The summed E-state index contributed by atoms with van der Waals surface area (Å²) in [5.74, 6) is -2.99. The summed E-state index contributed by atoms with van der Waals surface area (Å²) in [4.78, 5) is 57.5. The maximum atomic E-state index is 11.8. The summed E-state index contributed by atoms with van der Waals surface area (Å²) < 4.78 is 26.7. The molecule has 2 unspecified atom stereocenters. The third kappa shape index (κ3) is 7.14. The predicted octanol–water partition coefficient (Wildman–Crippen LogP) is 1.09. The average Bonchev–Trinajstić information content (AvgIpc) is 2.70. The standard InChI is InChI=1S/C20H24N2O11/c1-10(23)29-9-16-17(30-11(2)24)18(31-12(3)25)19(32-13(4)26)20(33-16)21-14-7-5-6-8-15(14)22(27)28/h5-8,16-21H,9H2,1-4H3/t16?,17-,18+,19-,20?/m1/s1. The van der Waals surface area contributed by atoms with Gasteiger partial charge in [0.1, 0.15) is 18.4 Å². The van der Waals surface area contributed by atoms with Gasteiger partial charge < -0.3 is 29.0 Å². The number of carbonyl (C=O) groups is 4. The van der Waals surface area contributed by atoms with Gasteiger partial charge in [-0.2, -0.15) is 0 Å². The first-order valence-corrected chi connectivity index (χ1v) is 9.80. The molecule has 0 radical (unpaired) electrons. The molecule has 0 aliphatic carbocycles. The van der Waals surface area contributed by atoms with Crippen LogP contribution in [-0.4, -0.2) is 66.1 Å². The fraction of sp³-hybridized carbons (Fsp3) is 0.500. The highest BCUT2D eigenvalue weighted by molar-refractivity contribution is 5.69. The molecule has 0 spiro atoms. The fourth-order valence-electron chi connectivity index (χ4n) is 3.25. The molecule has 2 rings (SSSR count). The van der Waals surface area contributed by atoms with Crippen LogP contribution in [0.25, 0.3) is 0 Å². The smallest absolute Gasteiger partial charge is 0.303 e. The third-order valence-electron chi connectivity index (χ3n) is 4.39. The first-order valence-electron chi connectivity index (χ1n) is 9.80. The number of nitrogens with one attached hydrogen (secondary N) is 1. The Labute approximate surface area is 188 Å². The van der Waals surface area contributed by atoms with Crippen LogP contribution in [0.1, 0.15) is 27.7 Å². The van der Waals surface area contributed by atoms with E-state index in [0.717, 1.165) is 27.7 Å². The number of nitro groups is 1. The summed E-state index contributed by atoms with van der Waals surface area (Å²) in [7, 11) is 0. The Morgan fingerprint density at radius 1 is 0.909 bits per heavy atom. The Bertz CT molecular complexity index is 919. The predicted molar refractivity (Wildman–Crippen MR) is 109 cm³/mol. The Morgan fingerprint density at radius 2 is 1.45 bits per heavy atom. The van der Waals surface area contributed by atoms with E-state index < -0.39 is 66.1 Å². The minimum Gasteiger partial charge on any atom is -0.463 e. The lowest BCUT2D eigenvalue weighted by molar-refractivity contribution is -0.384. The molecule has 1 N–H and O–H groups in total. The van der Waals surface area contributed by atoms with Crippen LogP contribution in [0.5, 0.6) is 0 Å². The summed E-state index contributed by atoms with van der Waals surface area (Å²) >= 11 is 0. The number of para-hydroxylation sites is 2. The molecular weight excluding hydrogens is 444 g/mol. The molecule has 1 saturated heterocycles. The molecule has 0 aromatic heterocycles. The maximum Gasteiger partial charge on any atom is 0.303 e. The van der Waals surface area contributed by atoms with E-state index in [0.29, 0.717) is 0 Å². The Balaban J connectivity index is 2.51. The van der Waals surface area contributed by atoms with Crippen molar-refractivity contribution in [2.75, 3.05) is 11.9 Å². The highest BCUT2D eigenvalue weighted by atomic mass is 16.7. The first-order chi connectivity index (χ1) is 15.5. The number of anilines is 1. The van der Waals surface area contributed by atoms with Crippen LogP contribution < -0.4 is 5.32 Å². The van der Waals surface area contributed by atoms with Crippen LogP contribution in [0.15, 0.2) is 24.3 Å². The molecule has 0 saturated carbocycles. The van der Waals surface area contributed by atoms with Gasteiger partial charge >= 0.3 is 23.9 Å². The summed E-state index contributed by atoms with van der Waals surface area (Å²) in [6, 6.07) is 5.62. The highest BCUT2D eigenvalue weighted by Gasteiger charge is 2.52. The minimum absolute atomic E-state index is 0.0170. The molecule has 1 fully saturated rings. The van der Waals surface area contributed by atoms with E-state index in [1.165, 1.54) is 24.3 Å². The first kappa shape index (κ1) is 25.5. The zero-order chi connectivity index (χ0) is 24.7. The normalized spacial score (nSPS) is 24.2. The zero-order valence-corrected chi connectivity index (χ0v) is 18.3. The van der Waals surface area contributed by atoms with E-state index in [2.05, 4.69) is 5.32 Å². The molecule has 13 nitrogen and oxygen atoms in total. The van der Waals surface area contributed by atoms with Crippen LogP contribution in [0, 0.1) is 10.1 Å². The van der Waals surface area contributed by atoms with Crippen LogP contribution in [-0.2, 0) is 42.9 Å². The van der Waals surface area contributed by atoms with E-state index in [1.807, 2.05) is 0 Å². The van der Waals surface area contributed by atoms with Gasteiger partial charge in [0.25, 0.3) is 5.69 Å². The Kier molecular flexibility index (Phi) is 8.68. The SMILES string of the molecule is CC(=O)OCC1OC(Nc2ccccc2[N+](=O)[O-])[C@H](OC(C)=O)[C@@H](OC(C)=O)[C@@H]1OC(C)=O. The summed E-state index contributed by atoms with van der Waals surface area (Å²) in [6.45, 7) is 4.03. The zero-order valence-electron chi connectivity index (χ0n) is 18.3. The topological polar surface area (TPSA) is 170 Å². The molecule has 1 aromatic carbocycles. The van der Waals surface area contributed by atoms with Crippen molar-refractivity contribution < 1.29 is 47.8 Å². The number of rotatable bonds is 8. The van der Waals surface area contributed by atoms with Gasteiger partial charge in [-0.15, -0.1) is 0 Å². The molecule has 0 bridgehead atoms. The van der Waals surface area contributed by atoms with Gasteiger partial charge in [-0.05, 0) is 6.07 Å². The quantitative estimate of drug-likeness (QED) is 0.250. The number of nitro benzene ring substituents is 1. The number of esters is 4. The molecule has 33 heavy (non-hydrogen) atoms. The maximum absolute atomic E-state index is 11.8. The van der Waals surface area contributed by atoms with Gasteiger partial charge in [0.05, 0.1) is 4.92 Å². The third-order valence-corrected chi connectivity index (χ3v) is 4.39. The van der Waals surface area contributed by atoms with Crippen LogP contribution >= 0.6 is 0 Å². The monoisotopic (exact) mass is 468 g/mol. The van der Waals surface area contributed by atoms with Gasteiger partial charge in [-0.1, -0.05) is 12.1 Å². The summed E-state index contributed by atoms with van der Waals surface area (Å²) in [5.41, 5.74) is -0.284. The Morgan fingerprint density at radius 3 is 2.00 bits per heavy atom. The largest absolute Gasteiger partial charge is 0.463 e. The van der Waals surface area contributed by atoms with E-state index in [9.17, 15) is 29.3 Å². The van der Waals surface area contributed by atoms with Crippen LogP contribution in [0.4, 0.5) is 11.4 Å².